The molecule has 0 spiro atoms. The number of aryl methyl sites for hydroxylation is 2. The molecule has 2 aromatic heterocycles. The predicted molar refractivity (Wildman–Crippen MR) is 47.3 cm³/mol. The maximum absolute atomic E-state index is 10.6. The quantitative estimate of drug-likeness (QED) is 0.581. The molecule has 0 N–H and O–H groups in total. The van der Waals surface area contributed by atoms with E-state index in [-0.39, 0.29) is 0 Å². The van der Waals surface area contributed by atoms with Crippen LogP contribution in [0.5, 0.6) is 0 Å². The fraction of sp³-hybridized carbons (Fsp3) is 0.222. The number of carbonyl (C=O) groups is 1. The van der Waals surface area contributed by atoms with Gasteiger partial charge in [0, 0.05) is 25.7 Å². The predicted octanol–water partition coefficient (Wildman–Crippen LogP) is 1.33. The fourth-order valence-corrected chi connectivity index (χ4v) is 1.58. The lowest BCUT2D eigenvalue weighted by atomic mass is 10.4. The molecule has 0 radical (unpaired) electrons. The van der Waals surface area contributed by atoms with Crippen molar-refractivity contribution in [2.24, 2.45) is 14.1 Å². The Morgan fingerprint density at radius 3 is 2.75 bits per heavy atom. The first-order chi connectivity index (χ1) is 5.74. The molecule has 0 bridgehead atoms. The molecule has 0 aliphatic carbocycles. The van der Waals surface area contributed by atoms with E-state index < -0.39 is 0 Å². The summed E-state index contributed by atoms with van der Waals surface area (Å²) in [7, 11) is 3.86. The second-order valence-electron chi connectivity index (χ2n) is 2.95. The molecule has 2 heterocycles. The van der Waals surface area contributed by atoms with E-state index >= 15 is 0 Å². The van der Waals surface area contributed by atoms with Crippen LogP contribution < -0.4 is 0 Å². The largest absolute Gasteiger partial charge is 0.337 e. The molecule has 3 nitrogen and oxygen atoms in total. The Morgan fingerprint density at radius 2 is 2.17 bits per heavy atom. The van der Waals surface area contributed by atoms with Gasteiger partial charge in [-0.15, -0.1) is 0 Å². The van der Waals surface area contributed by atoms with Gasteiger partial charge in [0.1, 0.15) is 5.65 Å². The highest BCUT2D eigenvalue weighted by Gasteiger charge is 2.06. The number of hydrogen-bond donors (Lipinski definition) is 0. The zero-order valence-corrected chi connectivity index (χ0v) is 7.11. The summed E-state index contributed by atoms with van der Waals surface area (Å²) < 4.78 is 3.89. The van der Waals surface area contributed by atoms with Crippen molar-refractivity contribution >= 4 is 17.3 Å². The van der Waals surface area contributed by atoms with Crippen molar-refractivity contribution in [3.8, 4) is 0 Å². The Bertz CT molecular complexity index is 436. The van der Waals surface area contributed by atoms with Gasteiger partial charge in [-0.05, 0) is 12.1 Å². The zero-order chi connectivity index (χ0) is 8.72. The van der Waals surface area contributed by atoms with Gasteiger partial charge in [-0.2, -0.15) is 0 Å². The molecule has 2 aromatic rings. The third-order valence-corrected chi connectivity index (χ3v) is 2.20. The van der Waals surface area contributed by atoms with E-state index in [1.807, 2.05) is 41.6 Å². The second-order valence-corrected chi connectivity index (χ2v) is 2.95. The van der Waals surface area contributed by atoms with E-state index in [0.29, 0.717) is 0 Å². The van der Waals surface area contributed by atoms with Crippen molar-refractivity contribution in [1.82, 2.24) is 9.13 Å². The molecule has 0 unspecified atom stereocenters. The average molecular weight is 162 g/mol. The third kappa shape index (κ3) is 0.733. The Hall–Kier alpha value is -1.51. The SMILES string of the molecule is Cn1ccc2cc(C=O)n(C)c21. The zero-order valence-electron chi connectivity index (χ0n) is 7.11. The highest BCUT2D eigenvalue weighted by atomic mass is 16.1. The van der Waals surface area contributed by atoms with Crippen molar-refractivity contribution in [1.29, 1.82) is 0 Å². The molecule has 0 aromatic carbocycles. The fourth-order valence-electron chi connectivity index (χ4n) is 1.58. The van der Waals surface area contributed by atoms with Crippen molar-refractivity contribution in [2.75, 3.05) is 0 Å². The topological polar surface area (TPSA) is 26.9 Å². The summed E-state index contributed by atoms with van der Waals surface area (Å²) >= 11 is 0. The number of carbonyl (C=O) groups excluding carboxylic acids is 1. The molecule has 0 atom stereocenters. The van der Waals surface area contributed by atoms with E-state index in [1.54, 1.807) is 0 Å². The van der Waals surface area contributed by atoms with Gasteiger partial charge in [-0.25, -0.2) is 0 Å². The second kappa shape index (κ2) is 2.24. The molecular weight excluding hydrogens is 152 g/mol. The number of hydrogen-bond acceptors (Lipinski definition) is 1. The standard InChI is InChI=1S/C9H10N2O/c1-10-4-3-7-5-8(6-12)11(2)9(7)10/h3-6H,1-2H3. The Kier molecular flexibility index (Phi) is 1.33. The first-order valence-electron chi connectivity index (χ1n) is 3.80. The van der Waals surface area contributed by atoms with Crippen LogP contribution >= 0.6 is 0 Å². The van der Waals surface area contributed by atoms with Crippen molar-refractivity contribution in [2.45, 2.75) is 0 Å². The van der Waals surface area contributed by atoms with Gasteiger partial charge in [-0.3, -0.25) is 4.79 Å². The summed E-state index contributed by atoms with van der Waals surface area (Å²) in [6, 6.07) is 3.89. The van der Waals surface area contributed by atoms with E-state index in [2.05, 4.69) is 0 Å². The number of rotatable bonds is 1. The van der Waals surface area contributed by atoms with Crippen LogP contribution in [0.15, 0.2) is 18.3 Å². The summed E-state index contributed by atoms with van der Waals surface area (Å²) in [5.41, 5.74) is 1.80. The van der Waals surface area contributed by atoms with Crippen LogP contribution in [0.2, 0.25) is 0 Å². The van der Waals surface area contributed by atoms with Gasteiger partial charge in [-0.1, -0.05) is 0 Å². The van der Waals surface area contributed by atoms with Crippen molar-refractivity contribution in [3.63, 3.8) is 0 Å². The van der Waals surface area contributed by atoms with Gasteiger partial charge in [0.2, 0.25) is 0 Å². The van der Waals surface area contributed by atoms with Crippen molar-refractivity contribution < 1.29 is 4.79 Å². The minimum Gasteiger partial charge on any atom is -0.337 e. The first-order valence-corrected chi connectivity index (χ1v) is 3.80. The summed E-state index contributed by atoms with van der Waals surface area (Å²) in [5, 5.41) is 1.11. The number of aldehydes is 1. The van der Waals surface area contributed by atoms with Crippen LogP contribution in [0.4, 0.5) is 0 Å². The monoisotopic (exact) mass is 162 g/mol. The molecule has 0 saturated carbocycles. The lowest BCUT2D eigenvalue weighted by Crippen LogP contribution is -1.98. The maximum atomic E-state index is 10.6. The molecule has 0 amide bonds. The Balaban J connectivity index is 2.89. The van der Waals surface area contributed by atoms with E-state index in [1.165, 1.54) is 0 Å². The molecule has 0 fully saturated rings. The van der Waals surface area contributed by atoms with Crippen LogP contribution in [0.1, 0.15) is 10.5 Å². The summed E-state index contributed by atoms with van der Waals surface area (Å²) in [4.78, 5) is 10.6. The number of fused-ring (bicyclic) bond motifs is 1. The first kappa shape index (κ1) is 7.16. The molecule has 0 aliphatic heterocycles. The molecular formula is C9H10N2O. The molecule has 3 heteroatoms. The van der Waals surface area contributed by atoms with Gasteiger partial charge in [0.25, 0.3) is 0 Å². The molecule has 12 heavy (non-hydrogen) atoms. The summed E-state index contributed by atoms with van der Waals surface area (Å²) in [6.45, 7) is 0. The van der Waals surface area contributed by atoms with E-state index in [9.17, 15) is 4.79 Å². The molecule has 62 valence electrons. The van der Waals surface area contributed by atoms with Crippen LogP contribution in [0.25, 0.3) is 11.0 Å². The lowest BCUT2D eigenvalue weighted by molar-refractivity contribution is 0.111. The number of nitrogens with zero attached hydrogens (tertiary/aromatic N) is 2. The van der Waals surface area contributed by atoms with Crippen LogP contribution in [-0.2, 0) is 14.1 Å². The summed E-state index contributed by atoms with van der Waals surface area (Å²) in [5.74, 6) is 0. The highest BCUT2D eigenvalue weighted by molar-refractivity contribution is 5.87. The highest BCUT2D eigenvalue weighted by Crippen LogP contribution is 2.17. The molecule has 0 saturated heterocycles. The third-order valence-electron chi connectivity index (χ3n) is 2.20. The van der Waals surface area contributed by atoms with Gasteiger partial charge in [0.15, 0.2) is 6.29 Å². The van der Waals surface area contributed by atoms with E-state index in [4.69, 9.17) is 0 Å². The maximum Gasteiger partial charge on any atom is 0.166 e. The smallest absolute Gasteiger partial charge is 0.166 e. The minimum absolute atomic E-state index is 0.719. The van der Waals surface area contributed by atoms with Crippen LogP contribution in [-0.4, -0.2) is 15.4 Å². The average Bonchev–Trinajstić information content (AvgIpc) is 2.55. The molecule has 0 aliphatic rings. The van der Waals surface area contributed by atoms with Crippen LogP contribution in [0, 0.1) is 0 Å². The Labute approximate surface area is 70.2 Å². The van der Waals surface area contributed by atoms with Crippen molar-refractivity contribution in [3.05, 3.63) is 24.0 Å². The normalized spacial score (nSPS) is 10.8. The van der Waals surface area contributed by atoms with Crippen LogP contribution in [0.3, 0.4) is 0 Å². The Morgan fingerprint density at radius 1 is 1.42 bits per heavy atom. The molecule has 2 rings (SSSR count). The van der Waals surface area contributed by atoms with Gasteiger partial charge in [0.05, 0.1) is 5.69 Å². The van der Waals surface area contributed by atoms with E-state index in [0.717, 1.165) is 23.0 Å². The summed E-state index contributed by atoms with van der Waals surface area (Å²) in [6.07, 6.45) is 2.86. The van der Waals surface area contributed by atoms with Gasteiger partial charge >= 0.3 is 0 Å². The lowest BCUT2D eigenvalue weighted by Gasteiger charge is -1.98. The minimum atomic E-state index is 0.719. The van der Waals surface area contributed by atoms with Gasteiger partial charge < -0.3 is 9.13 Å². The number of aromatic nitrogens is 2.